The molecule has 1 atom stereocenters. The van der Waals surface area contributed by atoms with Crippen molar-refractivity contribution in [2.45, 2.75) is 39.0 Å². The topological polar surface area (TPSA) is 63.1 Å². The van der Waals surface area contributed by atoms with Crippen molar-refractivity contribution >= 4 is 17.5 Å². The van der Waals surface area contributed by atoms with Crippen molar-refractivity contribution < 1.29 is 9.90 Å². The number of rotatable bonds is 6. The molecule has 0 amide bonds. The molecule has 0 radical (unpaired) electrons. The summed E-state index contributed by atoms with van der Waals surface area (Å²) in [5.74, 6) is -0.699. The lowest BCUT2D eigenvalue weighted by Gasteiger charge is -2.11. The summed E-state index contributed by atoms with van der Waals surface area (Å²) in [5.41, 5.74) is 2.16. The van der Waals surface area contributed by atoms with Crippen molar-refractivity contribution in [2.24, 2.45) is 0 Å². The minimum atomic E-state index is -0.840. The van der Waals surface area contributed by atoms with Crippen molar-refractivity contribution in [1.82, 2.24) is 9.36 Å². The zero-order chi connectivity index (χ0) is 14.5. The van der Waals surface area contributed by atoms with Gasteiger partial charge in [0.05, 0.1) is 0 Å². The van der Waals surface area contributed by atoms with Crippen LogP contribution in [0.15, 0.2) is 24.3 Å². The van der Waals surface area contributed by atoms with Crippen molar-refractivity contribution in [3.05, 3.63) is 46.2 Å². The van der Waals surface area contributed by atoms with E-state index in [9.17, 15) is 9.90 Å². The lowest BCUT2D eigenvalue weighted by molar-refractivity contribution is -0.138. The minimum absolute atomic E-state index is 0.461. The van der Waals surface area contributed by atoms with Gasteiger partial charge in [0.2, 0.25) is 0 Å². The molecule has 4 nitrogen and oxygen atoms in total. The molecule has 0 fully saturated rings. The Hall–Kier alpha value is -1.75. The Bertz CT molecular complexity index is 595. The van der Waals surface area contributed by atoms with Gasteiger partial charge in [0.15, 0.2) is 0 Å². The molecule has 20 heavy (non-hydrogen) atoms. The summed E-state index contributed by atoms with van der Waals surface area (Å²) in [6, 6.07) is 7.86. The first-order valence-corrected chi connectivity index (χ1v) is 7.49. The lowest BCUT2D eigenvalue weighted by Crippen LogP contribution is -2.15. The highest BCUT2D eigenvalue weighted by molar-refractivity contribution is 7.05. The fourth-order valence-electron chi connectivity index (χ4n) is 2.07. The molecule has 1 unspecified atom stereocenters. The summed E-state index contributed by atoms with van der Waals surface area (Å²) in [6.07, 6.45) is 2.22. The van der Waals surface area contributed by atoms with Gasteiger partial charge in [-0.3, -0.25) is 4.79 Å². The van der Waals surface area contributed by atoms with E-state index in [2.05, 4.69) is 16.3 Å². The molecule has 0 bridgehead atoms. The van der Waals surface area contributed by atoms with Crippen LogP contribution in [0.2, 0.25) is 0 Å². The normalized spacial score (nSPS) is 12.3. The zero-order valence-corrected chi connectivity index (χ0v) is 12.5. The molecule has 1 heterocycles. The summed E-state index contributed by atoms with van der Waals surface area (Å²) in [6.45, 7) is 4.06. The van der Waals surface area contributed by atoms with Crippen LogP contribution in [0.5, 0.6) is 0 Å². The number of aliphatic carboxylic acids is 1. The fourth-order valence-corrected chi connectivity index (χ4v) is 2.86. The molecule has 1 aromatic carbocycles. The quantitative estimate of drug-likeness (QED) is 0.887. The first-order chi connectivity index (χ1) is 9.61. The molecule has 1 aromatic heterocycles. The maximum atomic E-state index is 11.5. The Kier molecular flexibility index (Phi) is 4.84. The van der Waals surface area contributed by atoms with E-state index < -0.39 is 11.9 Å². The van der Waals surface area contributed by atoms with Crippen LogP contribution in [0.1, 0.15) is 41.2 Å². The van der Waals surface area contributed by atoms with Crippen molar-refractivity contribution in [1.29, 1.82) is 0 Å². The standard InChI is InChI=1S/C15H18N2O2S/c1-3-6-13-16-14(20-17-13)12(15(18)19)9-11-8-5-4-7-10(11)2/h4-5,7-8,12H,3,6,9H2,1-2H3,(H,18,19). The van der Waals surface area contributed by atoms with Crippen LogP contribution < -0.4 is 0 Å². The molecule has 0 spiro atoms. The number of nitrogens with zero attached hydrogens (tertiary/aromatic N) is 2. The molecule has 0 aliphatic rings. The SMILES string of the molecule is CCCc1nsc(C(Cc2ccccc2C)C(=O)O)n1. The summed E-state index contributed by atoms with van der Waals surface area (Å²) >= 11 is 1.21. The van der Waals surface area contributed by atoms with E-state index in [0.717, 1.165) is 29.8 Å². The first-order valence-electron chi connectivity index (χ1n) is 6.71. The number of aromatic nitrogens is 2. The number of carboxylic acids is 1. The molecule has 5 heteroatoms. The van der Waals surface area contributed by atoms with Gasteiger partial charge in [0, 0.05) is 6.42 Å². The summed E-state index contributed by atoms with van der Waals surface area (Å²) in [5, 5.41) is 10.1. The molecular formula is C15H18N2O2S. The maximum absolute atomic E-state index is 11.5. The van der Waals surface area contributed by atoms with Crippen molar-refractivity contribution in [3.63, 3.8) is 0 Å². The summed E-state index contributed by atoms with van der Waals surface area (Å²) in [7, 11) is 0. The van der Waals surface area contributed by atoms with Crippen LogP contribution in [0.3, 0.4) is 0 Å². The number of hydrogen-bond donors (Lipinski definition) is 1. The van der Waals surface area contributed by atoms with Gasteiger partial charge in [-0.1, -0.05) is 31.2 Å². The molecule has 2 rings (SSSR count). The third-order valence-electron chi connectivity index (χ3n) is 3.24. The van der Waals surface area contributed by atoms with Gasteiger partial charge < -0.3 is 5.11 Å². The molecule has 0 saturated carbocycles. The maximum Gasteiger partial charge on any atom is 0.313 e. The van der Waals surface area contributed by atoms with Gasteiger partial charge in [-0.25, -0.2) is 4.98 Å². The van der Waals surface area contributed by atoms with Gasteiger partial charge in [-0.15, -0.1) is 0 Å². The smallest absolute Gasteiger partial charge is 0.313 e. The van der Waals surface area contributed by atoms with Crippen molar-refractivity contribution in [2.75, 3.05) is 0 Å². The van der Waals surface area contributed by atoms with Crippen LogP contribution in [0.25, 0.3) is 0 Å². The number of carbonyl (C=O) groups is 1. The Labute approximate surface area is 122 Å². The minimum Gasteiger partial charge on any atom is -0.481 e. The predicted molar refractivity (Wildman–Crippen MR) is 79.2 cm³/mol. The Morgan fingerprint density at radius 3 is 2.80 bits per heavy atom. The molecule has 0 aliphatic carbocycles. The predicted octanol–water partition coefficient (Wildman–Crippen LogP) is 3.21. The molecule has 106 valence electrons. The van der Waals surface area contributed by atoms with Crippen molar-refractivity contribution in [3.8, 4) is 0 Å². The zero-order valence-electron chi connectivity index (χ0n) is 11.7. The van der Waals surface area contributed by atoms with Gasteiger partial charge in [-0.2, -0.15) is 4.37 Å². The van der Waals surface area contributed by atoms with E-state index in [1.807, 2.05) is 31.2 Å². The summed E-state index contributed by atoms with van der Waals surface area (Å²) in [4.78, 5) is 15.9. The van der Waals surface area contributed by atoms with E-state index in [1.165, 1.54) is 11.5 Å². The Morgan fingerprint density at radius 1 is 1.40 bits per heavy atom. The first kappa shape index (κ1) is 14.7. The third-order valence-corrected chi connectivity index (χ3v) is 4.10. The highest BCUT2D eigenvalue weighted by atomic mass is 32.1. The van der Waals surface area contributed by atoms with Crippen LogP contribution in [-0.4, -0.2) is 20.4 Å². The van der Waals surface area contributed by atoms with Gasteiger partial charge >= 0.3 is 5.97 Å². The third kappa shape index (κ3) is 3.42. The Balaban J connectivity index is 2.23. The highest BCUT2D eigenvalue weighted by Crippen LogP contribution is 2.24. The van der Waals surface area contributed by atoms with Gasteiger partial charge in [0.25, 0.3) is 0 Å². The number of carboxylic acid groups (broad SMARTS) is 1. The van der Waals surface area contributed by atoms with E-state index in [1.54, 1.807) is 0 Å². The van der Waals surface area contributed by atoms with Gasteiger partial charge in [0.1, 0.15) is 16.7 Å². The lowest BCUT2D eigenvalue weighted by atomic mass is 9.96. The molecule has 0 aliphatic heterocycles. The molecule has 1 N–H and O–H groups in total. The van der Waals surface area contributed by atoms with Crippen LogP contribution in [0.4, 0.5) is 0 Å². The molecule has 0 saturated heterocycles. The second-order valence-corrected chi connectivity index (χ2v) is 5.60. The van der Waals surface area contributed by atoms with Gasteiger partial charge in [-0.05, 0) is 42.4 Å². The molecule has 2 aromatic rings. The monoisotopic (exact) mass is 290 g/mol. The second kappa shape index (κ2) is 6.61. The Morgan fingerprint density at radius 2 is 2.15 bits per heavy atom. The number of hydrogen-bond acceptors (Lipinski definition) is 4. The van der Waals surface area contributed by atoms with E-state index in [4.69, 9.17) is 0 Å². The largest absolute Gasteiger partial charge is 0.481 e. The van der Waals surface area contributed by atoms with Crippen LogP contribution in [0, 0.1) is 6.92 Å². The van der Waals surface area contributed by atoms with E-state index >= 15 is 0 Å². The average molecular weight is 290 g/mol. The molecular weight excluding hydrogens is 272 g/mol. The summed E-state index contributed by atoms with van der Waals surface area (Å²) < 4.78 is 4.24. The fraction of sp³-hybridized carbons (Fsp3) is 0.400. The van der Waals surface area contributed by atoms with Crippen LogP contribution in [-0.2, 0) is 17.6 Å². The number of benzene rings is 1. The second-order valence-electron chi connectivity index (χ2n) is 4.82. The average Bonchev–Trinajstić information content (AvgIpc) is 2.86. The number of aryl methyl sites for hydroxylation is 2. The highest BCUT2D eigenvalue weighted by Gasteiger charge is 2.25. The van der Waals surface area contributed by atoms with E-state index in [0.29, 0.717) is 11.4 Å². The van der Waals surface area contributed by atoms with Crippen LogP contribution >= 0.6 is 11.5 Å². The van der Waals surface area contributed by atoms with E-state index in [-0.39, 0.29) is 0 Å².